The van der Waals surface area contributed by atoms with Crippen molar-refractivity contribution in [3.05, 3.63) is 58.6 Å². The first kappa shape index (κ1) is 16.4. The lowest BCUT2D eigenvalue weighted by Crippen LogP contribution is -2.32. The molecule has 5 nitrogen and oxygen atoms in total. The Morgan fingerprint density at radius 2 is 2.12 bits per heavy atom. The van der Waals surface area contributed by atoms with Crippen LogP contribution in [0.3, 0.4) is 0 Å². The highest BCUT2D eigenvalue weighted by Crippen LogP contribution is 2.34. The lowest BCUT2D eigenvalue weighted by Gasteiger charge is -2.31. The number of fused-ring (bicyclic) bond motifs is 2. The van der Waals surface area contributed by atoms with E-state index in [2.05, 4.69) is 25.9 Å². The molecule has 0 fully saturated rings. The van der Waals surface area contributed by atoms with Crippen molar-refractivity contribution in [3.63, 3.8) is 0 Å². The van der Waals surface area contributed by atoms with Gasteiger partial charge in [-0.05, 0) is 36.6 Å². The van der Waals surface area contributed by atoms with Crippen LogP contribution in [0.1, 0.15) is 35.1 Å². The summed E-state index contributed by atoms with van der Waals surface area (Å²) in [5.41, 5.74) is 4.79. The van der Waals surface area contributed by atoms with Crippen molar-refractivity contribution >= 4 is 16.6 Å². The molecule has 3 heterocycles. The SMILES string of the molecule is CCc1ncc2c(n1)CN(c1c(C#N)cnc3c(C)cc(F)cc13)CC2. The Kier molecular flexibility index (Phi) is 4.00. The van der Waals surface area contributed by atoms with Crippen molar-refractivity contribution in [1.82, 2.24) is 15.0 Å². The molecule has 0 aliphatic carbocycles. The van der Waals surface area contributed by atoms with Crippen molar-refractivity contribution in [2.24, 2.45) is 0 Å². The number of benzene rings is 1. The van der Waals surface area contributed by atoms with Gasteiger partial charge >= 0.3 is 0 Å². The van der Waals surface area contributed by atoms with Crippen LogP contribution in [0.5, 0.6) is 0 Å². The number of pyridine rings is 1. The van der Waals surface area contributed by atoms with Gasteiger partial charge in [-0.2, -0.15) is 5.26 Å². The van der Waals surface area contributed by atoms with E-state index >= 15 is 0 Å². The predicted molar refractivity (Wildman–Crippen MR) is 97.3 cm³/mol. The van der Waals surface area contributed by atoms with E-state index in [4.69, 9.17) is 0 Å². The average Bonchev–Trinajstić information content (AvgIpc) is 2.66. The van der Waals surface area contributed by atoms with Crippen LogP contribution in [-0.2, 0) is 19.4 Å². The largest absolute Gasteiger partial charge is 0.364 e. The summed E-state index contributed by atoms with van der Waals surface area (Å²) in [5.74, 6) is 0.494. The maximum atomic E-state index is 14.1. The van der Waals surface area contributed by atoms with Gasteiger partial charge in [0, 0.05) is 30.7 Å². The van der Waals surface area contributed by atoms with Crippen LogP contribution in [0.2, 0.25) is 0 Å². The van der Waals surface area contributed by atoms with Gasteiger partial charge in [-0.3, -0.25) is 4.98 Å². The molecule has 0 spiro atoms. The monoisotopic (exact) mass is 347 g/mol. The van der Waals surface area contributed by atoms with Crippen molar-refractivity contribution in [3.8, 4) is 6.07 Å². The molecule has 130 valence electrons. The minimum atomic E-state index is -0.318. The first-order valence-electron chi connectivity index (χ1n) is 8.68. The summed E-state index contributed by atoms with van der Waals surface area (Å²) < 4.78 is 14.1. The van der Waals surface area contributed by atoms with Crippen molar-refractivity contribution in [2.45, 2.75) is 33.2 Å². The zero-order valence-electron chi connectivity index (χ0n) is 14.8. The normalized spacial score (nSPS) is 13.5. The van der Waals surface area contributed by atoms with Crippen LogP contribution in [0.4, 0.5) is 10.1 Å². The summed E-state index contributed by atoms with van der Waals surface area (Å²) in [5, 5.41) is 10.3. The molecule has 0 saturated heterocycles. The Morgan fingerprint density at radius 1 is 1.27 bits per heavy atom. The maximum absolute atomic E-state index is 14.1. The third kappa shape index (κ3) is 2.66. The van der Waals surface area contributed by atoms with Gasteiger partial charge in [-0.15, -0.1) is 0 Å². The van der Waals surface area contributed by atoms with Crippen LogP contribution in [-0.4, -0.2) is 21.5 Å². The summed E-state index contributed by atoms with van der Waals surface area (Å²) in [4.78, 5) is 15.5. The third-order valence-corrected chi connectivity index (χ3v) is 4.85. The van der Waals surface area contributed by atoms with Crippen LogP contribution in [0.15, 0.2) is 24.5 Å². The van der Waals surface area contributed by atoms with E-state index in [0.717, 1.165) is 53.2 Å². The zero-order chi connectivity index (χ0) is 18.3. The summed E-state index contributed by atoms with van der Waals surface area (Å²) in [6, 6.07) is 5.15. The molecule has 0 bridgehead atoms. The highest BCUT2D eigenvalue weighted by atomic mass is 19.1. The minimum Gasteiger partial charge on any atom is -0.364 e. The van der Waals surface area contributed by atoms with Gasteiger partial charge < -0.3 is 4.90 Å². The summed E-state index contributed by atoms with van der Waals surface area (Å²) in [7, 11) is 0. The lowest BCUT2D eigenvalue weighted by atomic mass is 10.0. The molecule has 0 unspecified atom stereocenters. The van der Waals surface area contributed by atoms with E-state index in [1.807, 2.05) is 20.0 Å². The zero-order valence-corrected chi connectivity index (χ0v) is 14.8. The Hall–Kier alpha value is -3.07. The quantitative estimate of drug-likeness (QED) is 0.710. The van der Waals surface area contributed by atoms with Crippen LogP contribution in [0.25, 0.3) is 10.9 Å². The van der Waals surface area contributed by atoms with Gasteiger partial charge in [-0.1, -0.05) is 6.92 Å². The van der Waals surface area contributed by atoms with Gasteiger partial charge in [0.15, 0.2) is 0 Å². The number of rotatable bonds is 2. The number of anilines is 1. The highest BCUT2D eigenvalue weighted by Gasteiger charge is 2.23. The predicted octanol–water partition coefficient (Wildman–Crippen LogP) is 3.47. The molecular formula is C20H18FN5. The second-order valence-corrected chi connectivity index (χ2v) is 6.53. The second kappa shape index (κ2) is 6.34. The summed E-state index contributed by atoms with van der Waals surface area (Å²) >= 11 is 0. The molecule has 0 N–H and O–H groups in total. The molecule has 1 aliphatic rings. The number of halogens is 1. The molecule has 6 heteroatoms. The topological polar surface area (TPSA) is 65.7 Å². The Bertz CT molecular complexity index is 1050. The van der Waals surface area contributed by atoms with E-state index in [1.165, 1.54) is 12.1 Å². The van der Waals surface area contributed by atoms with E-state index in [9.17, 15) is 9.65 Å². The fourth-order valence-electron chi connectivity index (χ4n) is 3.55. The number of aromatic nitrogens is 3. The van der Waals surface area contributed by atoms with Crippen LogP contribution >= 0.6 is 0 Å². The summed E-state index contributed by atoms with van der Waals surface area (Å²) in [6.45, 7) is 5.16. The first-order chi connectivity index (χ1) is 12.6. The number of hydrogen-bond donors (Lipinski definition) is 0. The number of nitriles is 1. The molecule has 4 rings (SSSR count). The molecule has 1 aliphatic heterocycles. The Morgan fingerprint density at radius 3 is 2.88 bits per heavy atom. The fraction of sp³-hybridized carbons (Fsp3) is 0.300. The molecule has 0 atom stereocenters. The fourth-order valence-corrected chi connectivity index (χ4v) is 3.55. The van der Waals surface area contributed by atoms with E-state index < -0.39 is 0 Å². The van der Waals surface area contributed by atoms with Crippen molar-refractivity contribution in [2.75, 3.05) is 11.4 Å². The number of nitrogens with zero attached hydrogens (tertiary/aromatic N) is 5. The second-order valence-electron chi connectivity index (χ2n) is 6.53. The Labute approximate surface area is 151 Å². The molecular weight excluding hydrogens is 329 g/mol. The molecule has 0 radical (unpaired) electrons. The van der Waals surface area contributed by atoms with Gasteiger partial charge in [0.2, 0.25) is 0 Å². The molecule has 0 saturated carbocycles. The van der Waals surface area contributed by atoms with E-state index in [0.29, 0.717) is 17.5 Å². The molecule has 0 amide bonds. The maximum Gasteiger partial charge on any atom is 0.128 e. The van der Waals surface area contributed by atoms with E-state index in [1.54, 1.807) is 6.20 Å². The minimum absolute atomic E-state index is 0.318. The number of aryl methyl sites for hydroxylation is 2. The average molecular weight is 347 g/mol. The third-order valence-electron chi connectivity index (χ3n) is 4.85. The van der Waals surface area contributed by atoms with Crippen LogP contribution in [0, 0.1) is 24.1 Å². The van der Waals surface area contributed by atoms with Crippen LogP contribution < -0.4 is 4.90 Å². The van der Waals surface area contributed by atoms with Gasteiger partial charge in [0.1, 0.15) is 17.7 Å². The first-order valence-corrected chi connectivity index (χ1v) is 8.68. The van der Waals surface area contributed by atoms with Gasteiger partial charge in [-0.25, -0.2) is 14.4 Å². The highest BCUT2D eigenvalue weighted by molar-refractivity contribution is 5.96. The van der Waals surface area contributed by atoms with E-state index in [-0.39, 0.29) is 5.82 Å². The Balaban J connectivity index is 1.87. The molecule has 3 aromatic rings. The standard InChI is InChI=1S/C20H18FN5/c1-3-18-23-9-13-4-5-26(11-17(13)25-18)20-14(8-22)10-24-19-12(2)6-15(21)7-16(19)20/h6-7,9-10H,3-5,11H2,1-2H3. The lowest BCUT2D eigenvalue weighted by molar-refractivity contribution is 0.628. The molecule has 1 aromatic carbocycles. The molecule has 2 aromatic heterocycles. The van der Waals surface area contributed by atoms with Gasteiger partial charge in [0.25, 0.3) is 0 Å². The van der Waals surface area contributed by atoms with Crippen molar-refractivity contribution in [1.29, 1.82) is 5.26 Å². The van der Waals surface area contributed by atoms with Crippen molar-refractivity contribution < 1.29 is 4.39 Å². The number of hydrogen-bond acceptors (Lipinski definition) is 5. The smallest absolute Gasteiger partial charge is 0.128 e. The van der Waals surface area contributed by atoms with Gasteiger partial charge in [0.05, 0.1) is 29.0 Å². The summed E-state index contributed by atoms with van der Waals surface area (Å²) in [6.07, 6.45) is 5.05. The molecule has 26 heavy (non-hydrogen) atoms.